The Balaban J connectivity index is 1.53. The fourth-order valence-electron chi connectivity index (χ4n) is 3.38. The second kappa shape index (κ2) is 9.48. The first-order valence-corrected chi connectivity index (χ1v) is 11.1. The van der Waals surface area contributed by atoms with Crippen molar-refractivity contribution in [2.75, 3.05) is 36.5 Å². The van der Waals surface area contributed by atoms with E-state index in [1.807, 2.05) is 4.90 Å². The lowest BCUT2D eigenvalue weighted by atomic mass is 10.1. The molecule has 8 nitrogen and oxygen atoms in total. The van der Waals surface area contributed by atoms with Crippen LogP contribution in [0.4, 0.5) is 24.5 Å². The van der Waals surface area contributed by atoms with Crippen LogP contribution < -0.4 is 10.2 Å². The average molecular weight is 482 g/mol. The zero-order chi connectivity index (χ0) is 23.6. The molecule has 0 unspecified atom stereocenters. The average Bonchev–Trinajstić information content (AvgIpc) is 3.44. The van der Waals surface area contributed by atoms with E-state index in [0.717, 1.165) is 23.9 Å². The van der Waals surface area contributed by atoms with Gasteiger partial charge in [0, 0.05) is 20.1 Å². The third kappa shape index (κ3) is 5.17. The number of amides is 1. The van der Waals surface area contributed by atoms with Gasteiger partial charge in [-0.15, -0.1) is 10.2 Å². The largest absolute Gasteiger partial charge is 0.461 e. The van der Waals surface area contributed by atoms with Crippen LogP contribution in [0.2, 0.25) is 0 Å². The predicted molar refractivity (Wildman–Crippen MR) is 117 cm³/mol. The van der Waals surface area contributed by atoms with Crippen LogP contribution >= 0.6 is 11.8 Å². The molecule has 1 aliphatic heterocycles. The van der Waals surface area contributed by atoms with Gasteiger partial charge in [-0.2, -0.15) is 13.2 Å². The summed E-state index contributed by atoms with van der Waals surface area (Å²) < 4.78 is 52.3. The molecule has 1 N–H and O–H groups in total. The number of furan rings is 1. The number of ether oxygens (including phenoxy) is 1. The quantitative estimate of drug-likeness (QED) is 0.532. The number of benzene rings is 1. The van der Waals surface area contributed by atoms with Crippen LogP contribution in [0.5, 0.6) is 0 Å². The van der Waals surface area contributed by atoms with E-state index < -0.39 is 22.9 Å². The maximum atomic E-state index is 13.3. The number of hydrogen-bond acceptors (Lipinski definition) is 7. The van der Waals surface area contributed by atoms with E-state index in [2.05, 4.69) is 15.5 Å². The van der Waals surface area contributed by atoms with E-state index in [0.29, 0.717) is 48.7 Å². The highest BCUT2D eigenvalue weighted by Crippen LogP contribution is 2.36. The van der Waals surface area contributed by atoms with Crippen molar-refractivity contribution in [1.82, 2.24) is 14.8 Å². The Morgan fingerprint density at radius 3 is 2.64 bits per heavy atom. The van der Waals surface area contributed by atoms with Crippen LogP contribution in [0.15, 0.2) is 46.2 Å². The molecule has 1 atom stereocenters. The van der Waals surface area contributed by atoms with Crippen molar-refractivity contribution < 1.29 is 27.1 Å². The van der Waals surface area contributed by atoms with Crippen LogP contribution in [-0.4, -0.2) is 52.2 Å². The number of carbonyl (C=O) groups is 1. The third-order valence-electron chi connectivity index (χ3n) is 5.16. The second-order valence-electron chi connectivity index (χ2n) is 7.42. The molecule has 0 bridgehead atoms. The molecule has 1 fully saturated rings. The van der Waals surface area contributed by atoms with E-state index >= 15 is 0 Å². The highest BCUT2D eigenvalue weighted by molar-refractivity contribution is 8.00. The minimum atomic E-state index is -4.52. The van der Waals surface area contributed by atoms with Crippen molar-refractivity contribution in [2.45, 2.75) is 23.5 Å². The summed E-state index contributed by atoms with van der Waals surface area (Å²) in [5.41, 5.74) is -0.194. The molecule has 0 saturated carbocycles. The van der Waals surface area contributed by atoms with Crippen molar-refractivity contribution in [3.8, 4) is 11.6 Å². The zero-order valence-electron chi connectivity index (χ0n) is 17.9. The summed E-state index contributed by atoms with van der Waals surface area (Å²) in [5, 5.41) is 10.7. The summed E-state index contributed by atoms with van der Waals surface area (Å²) in [6.07, 6.45) is -3.00. The lowest BCUT2D eigenvalue weighted by molar-refractivity contribution is -0.137. The summed E-state index contributed by atoms with van der Waals surface area (Å²) in [4.78, 5) is 14.8. The van der Waals surface area contributed by atoms with Crippen LogP contribution in [0.3, 0.4) is 0 Å². The number of nitrogens with zero attached hydrogens (tertiary/aromatic N) is 4. The molecule has 176 valence electrons. The van der Waals surface area contributed by atoms with Gasteiger partial charge in [-0.1, -0.05) is 11.8 Å². The van der Waals surface area contributed by atoms with Gasteiger partial charge in [0.1, 0.15) is 0 Å². The number of anilines is 2. The Hall–Kier alpha value is -2.99. The van der Waals surface area contributed by atoms with Gasteiger partial charge < -0.3 is 23.9 Å². The number of nitrogens with one attached hydrogen (secondary N) is 1. The molecule has 2 aromatic heterocycles. The number of hydrogen-bond donors (Lipinski definition) is 1. The van der Waals surface area contributed by atoms with Crippen molar-refractivity contribution in [1.29, 1.82) is 0 Å². The molecule has 0 aliphatic carbocycles. The van der Waals surface area contributed by atoms with Crippen molar-refractivity contribution >= 4 is 29.0 Å². The van der Waals surface area contributed by atoms with Gasteiger partial charge in [-0.3, -0.25) is 4.79 Å². The van der Waals surface area contributed by atoms with E-state index in [4.69, 9.17) is 9.15 Å². The van der Waals surface area contributed by atoms with Gasteiger partial charge in [-0.05, 0) is 37.3 Å². The molecule has 3 aromatic rings. The molecule has 12 heteroatoms. The van der Waals surface area contributed by atoms with Crippen molar-refractivity contribution in [2.24, 2.45) is 7.05 Å². The monoisotopic (exact) mass is 481 g/mol. The van der Waals surface area contributed by atoms with Gasteiger partial charge in [0.25, 0.3) is 0 Å². The Kier molecular flexibility index (Phi) is 6.66. The van der Waals surface area contributed by atoms with E-state index in [1.54, 1.807) is 30.7 Å². The standard InChI is InChI=1S/C21H22F3N5O3S/c1-13(33-20-27-26-18(28(20)2)17-4-3-9-32-17)19(30)25-15-12-14(21(22,23)24)5-6-16(15)29-7-10-31-11-8-29/h3-6,9,12-13H,7-8,10-11H2,1-2H3,(H,25,30)/t13-/m1/s1. The first-order valence-electron chi connectivity index (χ1n) is 10.2. The zero-order valence-corrected chi connectivity index (χ0v) is 18.7. The first-order chi connectivity index (χ1) is 15.7. The molecule has 1 amide bonds. The molecule has 1 aromatic carbocycles. The van der Waals surface area contributed by atoms with Gasteiger partial charge in [0.2, 0.25) is 5.91 Å². The van der Waals surface area contributed by atoms with E-state index in [9.17, 15) is 18.0 Å². The number of alkyl halides is 3. The summed E-state index contributed by atoms with van der Waals surface area (Å²) in [7, 11) is 1.74. The number of halogens is 3. The molecule has 1 aliphatic rings. The van der Waals surface area contributed by atoms with Crippen LogP contribution in [0, 0.1) is 0 Å². The fraction of sp³-hybridized carbons (Fsp3) is 0.381. The summed E-state index contributed by atoms with van der Waals surface area (Å²) in [6, 6.07) is 6.86. The topological polar surface area (TPSA) is 85.4 Å². The second-order valence-corrected chi connectivity index (χ2v) is 8.73. The Bertz CT molecular complexity index is 1110. The number of aromatic nitrogens is 3. The number of thioether (sulfide) groups is 1. The fourth-order valence-corrected chi connectivity index (χ4v) is 4.19. The predicted octanol–water partition coefficient (Wildman–Crippen LogP) is 4.05. The first kappa shape index (κ1) is 23.2. The van der Waals surface area contributed by atoms with Crippen LogP contribution in [0.1, 0.15) is 12.5 Å². The van der Waals surface area contributed by atoms with Gasteiger partial charge in [-0.25, -0.2) is 0 Å². The highest BCUT2D eigenvalue weighted by Gasteiger charge is 2.32. The lowest BCUT2D eigenvalue weighted by Crippen LogP contribution is -2.37. The number of carbonyl (C=O) groups excluding carboxylic acids is 1. The minimum Gasteiger partial charge on any atom is -0.461 e. The summed E-state index contributed by atoms with van der Waals surface area (Å²) in [6.45, 7) is 3.62. The molecule has 1 saturated heterocycles. The lowest BCUT2D eigenvalue weighted by Gasteiger charge is -2.31. The third-order valence-corrected chi connectivity index (χ3v) is 6.30. The Morgan fingerprint density at radius 1 is 1.21 bits per heavy atom. The maximum absolute atomic E-state index is 13.3. The molecule has 3 heterocycles. The van der Waals surface area contributed by atoms with Crippen LogP contribution in [-0.2, 0) is 22.8 Å². The van der Waals surface area contributed by atoms with E-state index in [1.165, 1.54) is 12.3 Å². The van der Waals surface area contributed by atoms with Crippen LogP contribution in [0.25, 0.3) is 11.6 Å². The van der Waals surface area contributed by atoms with Crippen molar-refractivity contribution in [3.63, 3.8) is 0 Å². The minimum absolute atomic E-state index is 0.110. The number of morpholine rings is 1. The highest BCUT2D eigenvalue weighted by atomic mass is 32.2. The van der Waals surface area contributed by atoms with Gasteiger partial charge >= 0.3 is 6.18 Å². The van der Waals surface area contributed by atoms with Crippen molar-refractivity contribution in [3.05, 3.63) is 42.2 Å². The molecule has 0 spiro atoms. The SMILES string of the molecule is C[C@@H](Sc1nnc(-c2ccco2)n1C)C(=O)Nc1cc(C(F)(F)F)ccc1N1CCOCC1. The normalized spacial score (nSPS) is 15.5. The molecule has 0 radical (unpaired) electrons. The van der Waals surface area contributed by atoms with Gasteiger partial charge in [0.15, 0.2) is 16.7 Å². The summed E-state index contributed by atoms with van der Waals surface area (Å²) in [5.74, 6) is 0.590. The molecular formula is C21H22F3N5O3S. The Labute approximate surface area is 192 Å². The maximum Gasteiger partial charge on any atom is 0.416 e. The summed E-state index contributed by atoms with van der Waals surface area (Å²) >= 11 is 1.15. The Morgan fingerprint density at radius 2 is 1.97 bits per heavy atom. The molecule has 33 heavy (non-hydrogen) atoms. The van der Waals surface area contributed by atoms with E-state index in [-0.39, 0.29) is 5.69 Å². The number of rotatable bonds is 6. The molecular weight excluding hydrogens is 459 g/mol. The van der Waals surface area contributed by atoms with Gasteiger partial charge in [0.05, 0.1) is 41.7 Å². The molecule has 4 rings (SSSR count). The smallest absolute Gasteiger partial charge is 0.416 e.